The van der Waals surface area contributed by atoms with E-state index in [1.54, 1.807) is 0 Å². The lowest BCUT2D eigenvalue weighted by Gasteiger charge is -2.21. The van der Waals surface area contributed by atoms with Crippen LogP contribution in [-0.4, -0.2) is 44.4 Å². The predicted octanol–water partition coefficient (Wildman–Crippen LogP) is 3.97. The van der Waals surface area contributed by atoms with Gasteiger partial charge in [0.05, 0.1) is 5.75 Å². The number of hydrogen-bond donors (Lipinski definition) is 0. The molecule has 0 bridgehead atoms. The van der Waals surface area contributed by atoms with Crippen LogP contribution >= 0.6 is 23.4 Å². The fraction of sp³-hybridized carbons (Fsp3) is 0.471. The average Bonchev–Trinajstić information content (AvgIpc) is 2.94. The molecule has 1 heterocycles. The Morgan fingerprint density at radius 1 is 1.17 bits per heavy atom. The van der Waals surface area contributed by atoms with E-state index < -0.39 is 0 Å². The van der Waals surface area contributed by atoms with Gasteiger partial charge >= 0.3 is 0 Å². The number of aryl methyl sites for hydroxylation is 1. The Morgan fingerprint density at radius 2 is 1.79 bits per heavy atom. The molecular formula is C17H23ClN4OS. The summed E-state index contributed by atoms with van der Waals surface area (Å²) >= 11 is 7.37. The van der Waals surface area contributed by atoms with Gasteiger partial charge < -0.3 is 4.90 Å². The van der Waals surface area contributed by atoms with E-state index in [4.69, 9.17) is 11.6 Å². The highest BCUT2D eigenvalue weighted by atomic mass is 35.5. The molecule has 2 aromatic rings. The van der Waals surface area contributed by atoms with E-state index in [1.165, 1.54) is 11.8 Å². The smallest absolute Gasteiger partial charge is 0.233 e. The van der Waals surface area contributed by atoms with Crippen LogP contribution in [0.2, 0.25) is 5.02 Å². The third-order valence-electron chi connectivity index (χ3n) is 3.54. The Bertz CT molecular complexity index is 666. The van der Waals surface area contributed by atoms with E-state index in [0.717, 1.165) is 42.6 Å². The topological polar surface area (TPSA) is 51.0 Å². The standard InChI is InChI=1S/C17H23ClN4OS/c1-4-10-21(11-5-2)16(23)12-24-17-20-19-13(3)22(17)15-8-6-14(18)7-9-15/h6-9H,4-5,10-12H2,1-3H3. The fourth-order valence-electron chi connectivity index (χ4n) is 2.44. The first-order chi connectivity index (χ1) is 11.6. The van der Waals surface area contributed by atoms with Crippen molar-refractivity contribution in [3.63, 3.8) is 0 Å². The van der Waals surface area contributed by atoms with E-state index in [1.807, 2.05) is 40.7 Å². The molecule has 0 atom stereocenters. The van der Waals surface area contributed by atoms with Crippen molar-refractivity contribution in [3.8, 4) is 5.69 Å². The third kappa shape index (κ3) is 4.74. The third-order valence-corrected chi connectivity index (χ3v) is 4.71. The number of rotatable bonds is 8. The molecule has 24 heavy (non-hydrogen) atoms. The summed E-state index contributed by atoms with van der Waals surface area (Å²) in [6, 6.07) is 7.51. The van der Waals surface area contributed by atoms with Gasteiger partial charge in [-0.25, -0.2) is 0 Å². The largest absolute Gasteiger partial charge is 0.342 e. The number of aromatic nitrogens is 3. The summed E-state index contributed by atoms with van der Waals surface area (Å²) in [7, 11) is 0. The lowest BCUT2D eigenvalue weighted by molar-refractivity contribution is -0.128. The van der Waals surface area contributed by atoms with Crippen molar-refractivity contribution in [2.75, 3.05) is 18.8 Å². The normalized spacial score (nSPS) is 10.8. The van der Waals surface area contributed by atoms with Gasteiger partial charge in [-0.1, -0.05) is 37.2 Å². The zero-order chi connectivity index (χ0) is 17.5. The molecule has 0 aliphatic carbocycles. The van der Waals surface area contributed by atoms with Crippen molar-refractivity contribution < 1.29 is 4.79 Å². The predicted molar refractivity (Wildman–Crippen MR) is 99.0 cm³/mol. The van der Waals surface area contributed by atoms with Crippen LogP contribution in [0.25, 0.3) is 5.69 Å². The maximum Gasteiger partial charge on any atom is 0.233 e. The Kier molecular flexibility index (Phi) is 7.12. The van der Waals surface area contributed by atoms with Crippen LogP contribution in [-0.2, 0) is 4.79 Å². The van der Waals surface area contributed by atoms with E-state index >= 15 is 0 Å². The first-order valence-electron chi connectivity index (χ1n) is 8.15. The minimum absolute atomic E-state index is 0.145. The quantitative estimate of drug-likeness (QED) is 0.663. The van der Waals surface area contributed by atoms with Gasteiger partial charge in [0.2, 0.25) is 5.91 Å². The molecule has 1 aromatic heterocycles. The number of carbonyl (C=O) groups is 1. The summed E-state index contributed by atoms with van der Waals surface area (Å²) in [6.07, 6.45) is 1.94. The molecule has 0 unspecified atom stereocenters. The van der Waals surface area contributed by atoms with Gasteiger partial charge in [0.1, 0.15) is 5.82 Å². The summed E-state index contributed by atoms with van der Waals surface area (Å²) in [6.45, 7) is 7.67. The number of nitrogens with zero attached hydrogens (tertiary/aromatic N) is 4. The summed E-state index contributed by atoms with van der Waals surface area (Å²) in [5.74, 6) is 1.30. The number of halogens is 1. The van der Waals surface area contributed by atoms with Gasteiger partial charge in [0, 0.05) is 23.8 Å². The Morgan fingerprint density at radius 3 is 2.38 bits per heavy atom. The van der Waals surface area contributed by atoms with Crippen LogP contribution in [0.15, 0.2) is 29.4 Å². The molecule has 0 N–H and O–H groups in total. The number of amides is 1. The molecule has 0 aliphatic heterocycles. The summed E-state index contributed by atoms with van der Waals surface area (Å²) < 4.78 is 1.94. The molecule has 1 aromatic carbocycles. The van der Waals surface area contributed by atoms with Crippen molar-refractivity contribution in [1.29, 1.82) is 0 Å². The van der Waals surface area contributed by atoms with Crippen LogP contribution in [0.3, 0.4) is 0 Å². The Labute approximate surface area is 152 Å². The zero-order valence-electron chi connectivity index (χ0n) is 14.3. The second-order valence-corrected chi connectivity index (χ2v) is 6.89. The highest BCUT2D eigenvalue weighted by Crippen LogP contribution is 2.23. The molecule has 7 heteroatoms. The van der Waals surface area contributed by atoms with Crippen LogP contribution in [0.5, 0.6) is 0 Å². The van der Waals surface area contributed by atoms with Crippen LogP contribution in [0.1, 0.15) is 32.5 Å². The highest BCUT2D eigenvalue weighted by molar-refractivity contribution is 7.99. The van der Waals surface area contributed by atoms with E-state index in [9.17, 15) is 4.79 Å². The SMILES string of the molecule is CCCN(CCC)C(=O)CSc1nnc(C)n1-c1ccc(Cl)cc1. The molecule has 0 fully saturated rings. The molecule has 1 amide bonds. The minimum Gasteiger partial charge on any atom is -0.342 e. The lowest BCUT2D eigenvalue weighted by atomic mass is 10.3. The number of hydrogen-bond acceptors (Lipinski definition) is 4. The van der Waals surface area contributed by atoms with Crippen LogP contribution in [0, 0.1) is 6.92 Å². The number of carbonyl (C=O) groups excluding carboxylic acids is 1. The van der Waals surface area contributed by atoms with Crippen LogP contribution in [0.4, 0.5) is 0 Å². The zero-order valence-corrected chi connectivity index (χ0v) is 15.9. The summed E-state index contributed by atoms with van der Waals surface area (Å²) in [5.41, 5.74) is 0.941. The van der Waals surface area contributed by atoms with Gasteiger partial charge in [-0.2, -0.15) is 0 Å². The fourth-order valence-corrected chi connectivity index (χ4v) is 3.47. The number of thioether (sulfide) groups is 1. The van der Waals surface area contributed by atoms with Gasteiger partial charge in [-0.3, -0.25) is 9.36 Å². The lowest BCUT2D eigenvalue weighted by Crippen LogP contribution is -2.33. The molecule has 0 spiro atoms. The van der Waals surface area contributed by atoms with E-state index in [2.05, 4.69) is 24.0 Å². The number of benzene rings is 1. The van der Waals surface area contributed by atoms with Crippen molar-refractivity contribution >= 4 is 29.3 Å². The average molecular weight is 367 g/mol. The Hall–Kier alpha value is -1.53. The molecular weight excluding hydrogens is 344 g/mol. The molecule has 0 saturated carbocycles. The Balaban J connectivity index is 2.11. The van der Waals surface area contributed by atoms with Crippen LogP contribution < -0.4 is 0 Å². The monoisotopic (exact) mass is 366 g/mol. The first-order valence-corrected chi connectivity index (χ1v) is 9.51. The van der Waals surface area contributed by atoms with E-state index in [0.29, 0.717) is 10.8 Å². The molecule has 0 aliphatic rings. The molecule has 0 radical (unpaired) electrons. The highest BCUT2D eigenvalue weighted by Gasteiger charge is 2.16. The van der Waals surface area contributed by atoms with Gasteiger partial charge in [-0.05, 0) is 44.0 Å². The maximum absolute atomic E-state index is 12.4. The van der Waals surface area contributed by atoms with Crippen molar-refractivity contribution in [2.45, 2.75) is 38.8 Å². The van der Waals surface area contributed by atoms with Gasteiger partial charge in [-0.15, -0.1) is 10.2 Å². The first kappa shape index (κ1) is 18.8. The maximum atomic E-state index is 12.4. The molecule has 130 valence electrons. The van der Waals surface area contributed by atoms with Crippen molar-refractivity contribution in [2.24, 2.45) is 0 Å². The molecule has 0 saturated heterocycles. The van der Waals surface area contributed by atoms with E-state index in [-0.39, 0.29) is 5.91 Å². The van der Waals surface area contributed by atoms with Crippen molar-refractivity contribution in [1.82, 2.24) is 19.7 Å². The molecule has 5 nitrogen and oxygen atoms in total. The second-order valence-electron chi connectivity index (χ2n) is 5.51. The van der Waals surface area contributed by atoms with Gasteiger partial charge in [0.25, 0.3) is 0 Å². The van der Waals surface area contributed by atoms with Gasteiger partial charge in [0.15, 0.2) is 5.16 Å². The summed E-state index contributed by atoms with van der Waals surface area (Å²) in [4.78, 5) is 14.3. The van der Waals surface area contributed by atoms with Crippen molar-refractivity contribution in [3.05, 3.63) is 35.1 Å². The second kappa shape index (κ2) is 9.08. The molecule has 2 rings (SSSR count). The minimum atomic E-state index is 0.145. The summed E-state index contributed by atoms with van der Waals surface area (Å²) in [5, 5.41) is 9.76.